The Bertz CT molecular complexity index is 1150. The van der Waals surface area contributed by atoms with E-state index in [4.69, 9.17) is 0 Å². The van der Waals surface area contributed by atoms with Gasteiger partial charge in [-0.3, -0.25) is 9.71 Å². The van der Waals surface area contributed by atoms with E-state index in [-0.39, 0.29) is 6.03 Å². The molecular weight excluding hydrogens is 433 g/mol. The van der Waals surface area contributed by atoms with E-state index >= 15 is 0 Å². The monoisotopic (exact) mass is 455 g/mol. The van der Waals surface area contributed by atoms with Crippen molar-refractivity contribution in [1.29, 1.82) is 0 Å². The molecule has 3 aromatic heterocycles. The Balaban J connectivity index is 1.35. The van der Waals surface area contributed by atoms with E-state index in [2.05, 4.69) is 38.0 Å². The maximum atomic E-state index is 13.7. The van der Waals surface area contributed by atoms with E-state index in [9.17, 15) is 9.18 Å². The van der Waals surface area contributed by atoms with Gasteiger partial charge in [0.25, 0.3) is 0 Å². The molecule has 5 rings (SSSR count). The minimum atomic E-state index is -0.559. The third-order valence-corrected chi connectivity index (χ3v) is 7.80. The van der Waals surface area contributed by atoms with Gasteiger partial charge >= 0.3 is 6.03 Å². The molecule has 2 N–H and O–H groups in total. The molecule has 6 nitrogen and oxygen atoms in total. The molecule has 0 saturated carbocycles. The molecule has 0 unspecified atom stereocenters. The SMILES string of the molecule is CN1CCc2sc(SNC(=O)Nc3c(-c4ccnc(F)c4)cnc4c3CCC4)cc2C1. The summed E-state index contributed by atoms with van der Waals surface area (Å²) in [5.41, 5.74) is 5.43. The summed E-state index contributed by atoms with van der Waals surface area (Å²) in [4.78, 5) is 24.7. The Morgan fingerprint density at radius 1 is 1.26 bits per heavy atom. The van der Waals surface area contributed by atoms with Gasteiger partial charge in [-0.25, -0.2) is 9.78 Å². The number of fused-ring (bicyclic) bond motifs is 2. The van der Waals surface area contributed by atoms with Crippen molar-refractivity contribution in [1.82, 2.24) is 19.6 Å². The van der Waals surface area contributed by atoms with Crippen LogP contribution in [0.5, 0.6) is 0 Å². The van der Waals surface area contributed by atoms with Gasteiger partial charge in [0.15, 0.2) is 0 Å². The molecule has 1 aliphatic carbocycles. The third-order valence-electron chi connectivity index (χ3n) is 5.66. The zero-order chi connectivity index (χ0) is 21.4. The number of likely N-dealkylation sites (N-methyl/N-ethyl adjacent to an activating group) is 1. The molecule has 31 heavy (non-hydrogen) atoms. The number of aromatic nitrogens is 2. The van der Waals surface area contributed by atoms with Crippen molar-refractivity contribution in [3.63, 3.8) is 0 Å². The third kappa shape index (κ3) is 4.30. The Hall–Kier alpha value is -2.49. The van der Waals surface area contributed by atoms with Gasteiger partial charge in [-0.1, -0.05) is 0 Å². The van der Waals surface area contributed by atoms with Gasteiger partial charge in [0.05, 0.1) is 9.90 Å². The van der Waals surface area contributed by atoms with Crippen LogP contribution in [-0.2, 0) is 25.8 Å². The fraction of sp³-hybridized carbons (Fsp3) is 0.318. The molecule has 1 aliphatic heterocycles. The van der Waals surface area contributed by atoms with Crippen molar-refractivity contribution in [2.75, 3.05) is 18.9 Å². The maximum Gasteiger partial charge on any atom is 0.329 e. The van der Waals surface area contributed by atoms with Crippen LogP contribution < -0.4 is 10.0 Å². The number of halogens is 1. The van der Waals surface area contributed by atoms with Crippen LogP contribution in [0.1, 0.15) is 28.1 Å². The lowest BCUT2D eigenvalue weighted by molar-refractivity contribution is 0.257. The Morgan fingerprint density at radius 2 is 2.16 bits per heavy atom. The van der Waals surface area contributed by atoms with Crippen LogP contribution in [0, 0.1) is 5.95 Å². The van der Waals surface area contributed by atoms with Gasteiger partial charge in [0, 0.05) is 47.7 Å². The molecule has 4 heterocycles. The van der Waals surface area contributed by atoms with E-state index in [0.29, 0.717) is 16.8 Å². The predicted octanol–water partition coefficient (Wildman–Crippen LogP) is 4.65. The lowest BCUT2D eigenvalue weighted by Gasteiger charge is -2.21. The highest BCUT2D eigenvalue weighted by atomic mass is 32.2. The number of amides is 2. The minimum Gasteiger partial charge on any atom is -0.306 e. The second-order valence-corrected chi connectivity index (χ2v) is 10.1. The first kappa shape index (κ1) is 20.4. The second-order valence-electron chi connectivity index (χ2n) is 7.85. The summed E-state index contributed by atoms with van der Waals surface area (Å²) >= 11 is 3.07. The Labute approximate surface area is 188 Å². The van der Waals surface area contributed by atoms with Crippen LogP contribution in [0.15, 0.2) is 34.8 Å². The number of carbonyl (C=O) groups excluding carboxylic acids is 1. The number of thiophene rings is 1. The average molecular weight is 456 g/mol. The number of anilines is 1. The maximum absolute atomic E-state index is 13.7. The number of hydrogen-bond acceptors (Lipinski definition) is 6. The molecule has 0 fully saturated rings. The Kier molecular flexibility index (Phi) is 5.64. The first-order valence-electron chi connectivity index (χ1n) is 10.2. The molecule has 0 bridgehead atoms. The molecular formula is C22H22FN5OS2. The first-order chi connectivity index (χ1) is 15.1. The van der Waals surface area contributed by atoms with Crippen LogP contribution in [0.25, 0.3) is 11.1 Å². The molecule has 0 radical (unpaired) electrons. The van der Waals surface area contributed by atoms with E-state index in [0.717, 1.165) is 54.2 Å². The minimum absolute atomic E-state index is 0.301. The molecule has 2 amide bonds. The highest BCUT2D eigenvalue weighted by Gasteiger charge is 2.22. The van der Waals surface area contributed by atoms with Crippen molar-refractivity contribution in [2.24, 2.45) is 0 Å². The highest BCUT2D eigenvalue weighted by molar-refractivity contribution is 7.99. The van der Waals surface area contributed by atoms with Gasteiger partial charge in [0.2, 0.25) is 5.95 Å². The van der Waals surface area contributed by atoms with Crippen LogP contribution in [-0.4, -0.2) is 34.5 Å². The van der Waals surface area contributed by atoms with E-state index in [1.165, 1.54) is 34.7 Å². The number of urea groups is 1. The van der Waals surface area contributed by atoms with Crippen molar-refractivity contribution >= 4 is 35.0 Å². The lowest BCUT2D eigenvalue weighted by atomic mass is 10.0. The summed E-state index contributed by atoms with van der Waals surface area (Å²) < 4.78 is 17.7. The van der Waals surface area contributed by atoms with Gasteiger partial charge in [-0.2, -0.15) is 4.39 Å². The quantitative estimate of drug-likeness (QED) is 0.443. The molecule has 3 aromatic rings. The zero-order valence-electron chi connectivity index (χ0n) is 17.1. The number of nitrogens with zero attached hydrogens (tertiary/aromatic N) is 3. The van der Waals surface area contributed by atoms with E-state index in [1.807, 2.05) is 0 Å². The molecule has 0 aromatic carbocycles. The number of carbonyl (C=O) groups is 1. The molecule has 0 spiro atoms. The highest BCUT2D eigenvalue weighted by Crippen LogP contribution is 2.37. The number of rotatable bonds is 4. The van der Waals surface area contributed by atoms with Crippen molar-refractivity contribution in [3.8, 4) is 11.1 Å². The lowest BCUT2D eigenvalue weighted by Crippen LogP contribution is -2.25. The summed E-state index contributed by atoms with van der Waals surface area (Å²) in [6, 6.07) is 4.95. The molecule has 0 saturated heterocycles. The summed E-state index contributed by atoms with van der Waals surface area (Å²) in [5.74, 6) is -0.559. The largest absolute Gasteiger partial charge is 0.329 e. The topological polar surface area (TPSA) is 70.2 Å². The smallest absolute Gasteiger partial charge is 0.306 e. The standard InChI is InChI=1S/C22H22FN5OS2/c1-28-8-6-18-14(12-28)10-20(30-18)31-27-22(29)26-21-15-3-2-4-17(15)25-11-16(21)13-5-7-24-19(23)9-13/h5,7,9-11H,2-4,6,8,12H2,1H3,(H2,25,26,27,29). The normalized spacial score (nSPS) is 15.4. The van der Waals surface area contributed by atoms with E-state index in [1.54, 1.807) is 23.6 Å². The fourth-order valence-electron chi connectivity index (χ4n) is 4.17. The molecule has 160 valence electrons. The summed E-state index contributed by atoms with van der Waals surface area (Å²) in [7, 11) is 2.12. The van der Waals surface area contributed by atoms with Crippen molar-refractivity contribution in [3.05, 3.63) is 58.2 Å². The van der Waals surface area contributed by atoms with Crippen LogP contribution >= 0.6 is 23.3 Å². The van der Waals surface area contributed by atoms with Crippen LogP contribution in [0.3, 0.4) is 0 Å². The van der Waals surface area contributed by atoms with Gasteiger partial charge in [-0.05, 0) is 73.5 Å². The Morgan fingerprint density at radius 3 is 3.03 bits per heavy atom. The number of nitrogens with one attached hydrogen (secondary N) is 2. The molecule has 9 heteroatoms. The van der Waals surface area contributed by atoms with Gasteiger partial charge < -0.3 is 10.2 Å². The van der Waals surface area contributed by atoms with Gasteiger partial charge in [0.1, 0.15) is 0 Å². The van der Waals surface area contributed by atoms with Crippen molar-refractivity contribution in [2.45, 2.75) is 36.4 Å². The second kappa shape index (κ2) is 8.57. The number of aryl methyl sites for hydroxylation is 1. The summed E-state index contributed by atoms with van der Waals surface area (Å²) in [6.45, 7) is 2.02. The fourth-order valence-corrected chi connectivity index (χ4v) is 6.10. The number of hydrogen-bond donors (Lipinski definition) is 2. The molecule has 2 aliphatic rings. The van der Waals surface area contributed by atoms with E-state index < -0.39 is 5.95 Å². The first-order valence-corrected chi connectivity index (χ1v) is 11.9. The number of pyridine rings is 2. The predicted molar refractivity (Wildman–Crippen MR) is 122 cm³/mol. The molecule has 0 atom stereocenters. The summed E-state index contributed by atoms with van der Waals surface area (Å²) in [6.07, 6.45) is 6.92. The van der Waals surface area contributed by atoms with Crippen molar-refractivity contribution < 1.29 is 9.18 Å². The van der Waals surface area contributed by atoms with Crippen LogP contribution in [0.2, 0.25) is 0 Å². The van der Waals surface area contributed by atoms with Gasteiger partial charge in [-0.15, -0.1) is 11.3 Å². The summed E-state index contributed by atoms with van der Waals surface area (Å²) in [5, 5.41) is 3.01. The average Bonchev–Trinajstić information content (AvgIpc) is 3.39. The zero-order valence-corrected chi connectivity index (χ0v) is 18.7. The van der Waals surface area contributed by atoms with Crippen LogP contribution in [0.4, 0.5) is 14.9 Å².